The molecule has 2 aliphatic rings. The number of para-hydroxylation sites is 1. The SMILES string of the molecule is O=C(Nc1ccc(CC(=O)N2C[C@@H](F)C[C@H]2COC2CCC(C(=O)O)CC2)cc1Cl)c1c[nH]c2ccccc12. The lowest BCUT2D eigenvalue weighted by atomic mass is 9.87. The first-order chi connectivity index (χ1) is 18.8. The third kappa shape index (κ3) is 6.25. The lowest BCUT2D eigenvalue weighted by Crippen LogP contribution is -2.40. The van der Waals surface area contributed by atoms with Crippen molar-refractivity contribution in [3.63, 3.8) is 0 Å². The smallest absolute Gasteiger partial charge is 0.306 e. The van der Waals surface area contributed by atoms with Crippen LogP contribution in [0.2, 0.25) is 5.02 Å². The van der Waals surface area contributed by atoms with E-state index in [2.05, 4.69) is 10.3 Å². The van der Waals surface area contributed by atoms with Crippen LogP contribution in [0.5, 0.6) is 0 Å². The first-order valence-electron chi connectivity index (χ1n) is 13.2. The molecule has 5 rings (SSSR count). The Morgan fingerprint density at radius 2 is 1.90 bits per heavy atom. The van der Waals surface area contributed by atoms with Gasteiger partial charge in [0.25, 0.3) is 5.91 Å². The molecule has 2 atom stereocenters. The molecule has 3 aromatic rings. The Hall–Kier alpha value is -3.43. The van der Waals surface area contributed by atoms with Crippen LogP contribution < -0.4 is 5.32 Å². The van der Waals surface area contributed by atoms with Crippen LogP contribution in [0, 0.1) is 5.92 Å². The number of likely N-dealkylation sites (tertiary alicyclic amines) is 1. The number of halogens is 2. The number of amides is 2. The number of ether oxygens (including phenoxy) is 1. The van der Waals surface area contributed by atoms with Crippen LogP contribution in [0.25, 0.3) is 10.9 Å². The van der Waals surface area contributed by atoms with Gasteiger partial charge in [-0.15, -0.1) is 0 Å². The topological polar surface area (TPSA) is 112 Å². The van der Waals surface area contributed by atoms with Gasteiger partial charge in [-0.05, 0) is 49.4 Å². The van der Waals surface area contributed by atoms with Crippen LogP contribution in [0.3, 0.4) is 0 Å². The van der Waals surface area contributed by atoms with E-state index in [1.165, 1.54) is 4.90 Å². The van der Waals surface area contributed by atoms with Crippen molar-refractivity contribution < 1.29 is 28.6 Å². The number of hydrogen-bond donors (Lipinski definition) is 3. The lowest BCUT2D eigenvalue weighted by Gasteiger charge is -2.29. The number of rotatable bonds is 8. The summed E-state index contributed by atoms with van der Waals surface area (Å²) in [5.41, 5.74) is 2.44. The zero-order chi connectivity index (χ0) is 27.5. The number of alkyl halides is 1. The maximum Gasteiger partial charge on any atom is 0.306 e. The number of carbonyl (C=O) groups excluding carboxylic acids is 2. The monoisotopic (exact) mass is 555 g/mol. The van der Waals surface area contributed by atoms with Gasteiger partial charge in [0.1, 0.15) is 6.17 Å². The van der Waals surface area contributed by atoms with E-state index in [-0.39, 0.29) is 55.9 Å². The summed E-state index contributed by atoms with van der Waals surface area (Å²) in [4.78, 5) is 41.7. The summed E-state index contributed by atoms with van der Waals surface area (Å²) in [6.45, 7) is 0.249. The van der Waals surface area contributed by atoms with Crippen molar-refractivity contribution in [3.8, 4) is 0 Å². The van der Waals surface area contributed by atoms with Crippen LogP contribution in [0.15, 0.2) is 48.7 Å². The van der Waals surface area contributed by atoms with Gasteiger partial charge in [0, 0.05) is 23.5 Å². The Balaban J connectivity index is 1.17. The van der Waals surface area contributed by atoms with Crippen molar-refractivity contribution in [2.24, 2.45) is 5.92 Å². The van der Waals surface area contributed by atoms with E-state index in [0.29, 0.717) is 47.5 Å². The molecule has 0 bridgehead atoms. The predicted octanol–water partition coefficient (Wildman–Crippen LogP) is 5.22. The number of carbonyl (C=O) groups is 3. The number of carboxylic acids is 1. The Morgan fingerprint density at radius 3 is 2.64 bits per heavy atom. The highest BCUT2D eigenvalue weighted by Gasteiger charge is 2.36. The number of nitrogens with zero attached hydrogens (tertiary/aromatic N) is 1. The van der Waals surface area contributed by atoms with E-state index in [1.807, 2.05) is 24.3 Å². The predicted molar refractivity (Wildman–Crippen MR) is 146 cm³/mol. The molecule has 1 aliphatic carbocycles. The summed E-state index contributed by atoms with van der Waals surface area (Å²) in [7, 11) is 0. The van der Waals surface area contributed by atoms with Crippen molar-refractivity contribution in [1.29, 1.82) is 0 Å². The van der Waals surface area contributed by atoms with Gasteiger partial charge in [-0.1, -0.05) is 35.9 Å². The quantitative estimate of drug-likeness (QED) is 0.353. The molecular formula is C29H31ClFN3O5. The summed E-state index contributed by atoms with van der Waals surface area (Å²) in [6, 6.07) is 12.2. The van der Waals surface area contributed by atoms with Gasteiger partial charge in [-0.3, -0.25) is 14.4 Å². The second-order valence-corrected chi connectivity index (χ2v) is 10.8. The minimum absolute atomic E-state index is 0.0190. The summed E-state index contributed by atoms with van der Waals surface area (Å²) < 4.78 is 20.3. The second kappa shape index (κ2) is 11.8. The fraction of sp³-hybridized carbons (Fsp3) is 0.414. The number of aliphatic carboxylic acids is 1. The molecule has 0 unspecified atom stereocenters. The van der Waals surface area contributed by atoms with E-state index in [4.69, 9.17) is 21.4 Å². The Labute approximate surface area is 230 Å². The highest BCUT2D eigenvalue weighted by atomic mass is 35.5. The highest BCUT2D eigenvalue weighted by Crippen LogP contribution is 2.29. The molecular weight excluding hydrogens is 525 g/mol. The Bertz CT molecular complexity index is 1370. The van der Waals surface area contributed by atoms with Gasteiger partial charge in [0.05, 0.1) is 53.9 Å². The number of aromatic amines is 1. The van der Waals surface area contributed by atoms with Crippen molar-refractivity contribution in [1.82, 2.24) is 9.88 Å². The van der Waals surface area contributed by atoms with Crippen LogP contribution in [0.4, 0.5) is 10.1 Å². The molecule has 0 spiro atoms. The largest absolute Gasteiger partial charge is 0.481 e. The van der Waals surface area contributed by atoms with Gasteiger partial charge in [0.2, 0.25) is 5.91 Å². The highest BCUT2D eigenvalue weighted by molar-refractivity contribution is 6.34. The van der Waals surface area contributed by atoms with E-state index in [1.54, 1.807) is 24.4 Å². The molecule has 206 valence electrons. The van der Waals surface area contributed by atoms with Gasteiger partial charge < -0.3 is 25.0 Å². The van der Waals surface area contributed by atoms with E-state index >= 15 is 0 Å². The number of anilines is 1. The number of hydrogen-bond acceptors (Lipinski definition) is 4. The maximum atomic E-state index is 14.3. The van der Waals surface area contributed by atoms with Gasteiger partial charge >= 0.3 is 5.97 Å². The van der Waals surface area contributed by atoms with Crippen LogP contribution >= 0.6 is 11.6 Å². The van der Waals surface area contributed by atoms with Gasteiger partial charge in [0.15, 0.2) is 0 Å². The molecule has 2 heterocycles. The standard InChI is InChI=1S/C29H31ClFN3O5/c30-24-11-17(5-10-26(24)33-28(36)23-14-32-25-4-2-1-3-22(23)25)12-27(35)34-15-19(31)13-20(34)16-39-21-8-6-18(7-9-21)29(37)38/h1-5,10-11,14,18-21,32H,6-9,12-13,15-16H2,(H,33,36)(H,37,38)/t18?,19-,20-,21?/m0/s1. The molecule has 39 heavy (non-hydrogen) atoms. The molecule has 1 saturated heterocycles. The zero-order valence-corrected chi connectivity index (χ0v) is 22.1. The van der Waals surface area contributed by atoms with Crippen molar-refractivity contribution >= 4 is 46.0 Å². The Morgan fingerprint density at radius 1 is 1.13 bits per heavy atom. The first kappa shape index (κ1) is 27.1. The maximum absolute atomic E-state index is 14.3. The number of aromatic nitrogens is 1. The fourth-order valence-corrected chi connectivity index (χ4v) is 5.79. The third-order valence-electron chi connectivity index (χ3n) is 7.70. The van der Waals surface area contributed by atoms with Crippen LogP contribution in [-0.4, -0.2) is 64.2 Å². The molecule has 0 radical (unpaired) electrons. The fourth-order valence-electron chi connectivity index (χ4n) is 5.54. The summed E-state index contributed by atoms with van der Waals surface area (Å²) in [5, 5.41) is 13.1. The molecule has 2 amide bonds. The van der Waals surface area contributed by atoms with Crippen molar-refractivity contribution in [3.05, 3.63) is 64.8 Å². The van der Waals surface area contributed by atoms with Gasteiger partial charge in [-0.25, -0.2) is 4.39 Å². The molecule has 1 aromatic heterocycles. The minimum Gasteiger partial charge on any atom is -0.481 e. The van der Waals surface area contributed by atoms with E-state index < -0.39 is 12.1 Å². The summed E-state index contributed by atoms with van der Waals surface area (Å²) in [6.07, 6.45) is 3.17. The van der Waals surface area contributed by atoms with Crippen LogP contribution in [0.1, 0.15) is 48.0 Å². The number of benzene rings is 2. The lowest BCUT2D eigenvalue weighted by molar-refractivity contribution is -0.144. The average Bonchev–Trinajstić information content (AvgIpc) is 3.52. The molecule has 10 heteroatoms. The number of fused-ring (bicyclic) bond motifs is 1. The molecule has 2 fully saturated rings. The number of H-pyrrole nitrogens is 1. The first-order valence-corrected chi connectivity index (χ1v) is 13.6. The molecule has 2 aromatic carbocycles. The molecule has 1 aliphatic heterocycles. The number of carboxylic acid groups (broad SMARTS) is 1. The second-order valence-electron chi connectivity index (χ2n) is 10.4. The summed E-state index contributed by atoms with van der Waals surface area (Å²) >= 11 is 6.45. The molecule has 3 N–H and O–H groups in total. The average molecular weight is 556 g/mol. The van der Waals surface area contributed by atoms with Crippen LogP contribution in [-0.2, 0) is 20.7 Å². The Kier molecular flexibility index (Phi) is 8.18. The van der Waals surface area contributed by atoms with Crippen molar-refractivity contribution in [2.75, 3.05) is 18.5 Å². The zero-order valence-electron chi connectivity index (χ0n) is 21.4. The summed E-state index contributed by atoms with van der Waals surface area (Å²) in [5.74, 6) is -1.62. The molecule has 8 nitrogen and oxygen atoms in total. The van der Waals surface area contributed by atoms with Gasteiger partial charge in [-0.2, -0.15) is 0 Å². The van der Waals surface area contributed by atoms with E-state index in [0.717, 1.165) is 10.9 Å². The van der Waals surface area contributed by atoms with Crippen molar-refractivity contribution in [2.45, 2.75) is 56.8 Å². The normalized spacial score (nSPS) is 23.2. The molecule has 1 saturated carbocycles. The third-order valence-corrected chi connectivity index (χ3v) is 8.02. The number of nitrogens with one attached hydrogen (secondary N) is 2. The minimum atomic E-state index is -1.11. The van der Waals surface area contributed by atoms with E-state index in [9.17, 15) is 18.8 Å².